The highest BCUT2D eigenvalue weighted by molar-refractivity contribution is 7.89. The van der Waals surface area contributed by atoms with Crippen LogP contribution in [0.4, 0.5) is 0 Å². The molecule has 0 radical (unpaired) electrons. The van der Waals surface area contributed by atoms with E-state index in [0.717, 1.165) is 24.1 Å². The second-order valence-electron chi connectivity index (χ2n) is 9.95. The molecule has 2 heterocycles. The molecule has 1 N–H and O–H groups in total. The molecule has 0 spiro atoms. The van der Waals surface area contributed by atoms with Gasteiger partial charge in [0.1, 0.15) is 0 Å². The second kappa shape index (κ2) is 12.7. The first-order valence-corrected chi connectivity index (χ1v) is 14.7. The molecule has 2 fully saturated rings. The lowest BCUT2D eigenvalue weighted by Crippen LogP contribution is -2.43. The van der Waals surface area contributed by atoms with Crippen LogP contribution in [-0.4, -0.2) is 55.5 Å². The quantitative estimate of drug-likeness (QED) is 0.539. The summed E-state index contributed by atoms with van der Waals surface area (Å²) in [5.74, 6) is 0.0691. The third-order valence-corrected chi connectivity index (χ3v) is 9.23. The number of hydrogen-bond donors (Lipinski definition) is 1. The first-order chi connectivity index (χ1) is 17.0. The predicted molar refractivity (Wildman–Crippen MR) is 140 cm³/mol. The number of nitrogens with one attached hydrogen (secondary N) is 1. The Kier molecular flexibility index (Phi) is 9.35. The minimum absolute atomic E-state index is 0.0310. The van der Waals surface area contributed by atoms with Crippen LogP contribution in [0.15, 0.2) is 54.6 Å². The maximum absolute atomic E-state index is 12.7. The van der Waals surface area contributed by atoms with E-state index in [1.165, 1.54) is 37.9 Å². The van der Waals surface area contributed by atoms with Gasteiger partial charge in [0.05, 0.1) is 5.75 Å². The van der Waals surface area contributed by atoms with Gasteiger partial charge in [-0.1, -0.05) is 61.0 Å². The van der Waals surface area contributed by atoms with Crippen LogP contribution in [0.1, 0.15) is 55.2 Å². The number of rotatable bonds is 10. The van der Waals surface area contributed by atoms with Gasteiger partial charge in [-0.05, 0) is 68.3 Å². The maximum atomic E-state index is 12.7. The van der Waals surface area contributed by atoms with Crippen LogP contribution in [0.3, 0.4) is 0 Å². The van der Waals surface area contributed by atoms with Crippen molar-refractivity contribution in [2.45, 2.75) is 58.0 Å². The lowest BCUT2D eigenvalue weighted by molar-refractivity contribution is -0.126. The van der Waals surface area contributed by atoms with E-state index < -0.39 is 10.0 Å². The van der Waals surface area contributed by atoms with Crippen molar-refractivity contribution in [1.82, 2.24) is 14.5 Å². The Hall–Kier alpha value is -2.22. The third-order valence-electron chi connectivity index (χ3n) is 7.27. The van der Waals surface area contributed by atoms with Crippen LogP contribution < -0.4 is 5.32 Å². The molecule has 190 valence electrons. The SMILES string of the molecule is O=C(NCc1ccc(CN2CCCCC2)cc1)C1CCN(S(=O)(=O)CCCc2ccccc2)CC1. The molecule has 0 aliphatic carbocycles. The monoisotopic (exact) mass is 497 g/mol. The number of carbonyl (C=O) groups is 1. The molecule has 0 unspecified atom stereocenters. The number of benzene rings is 2. The Morgan fingerprint density at radius 3 is 2.17 bits per heavy atom. The first kappa shape index (κ1) is 25.9. The van der Waals surface area contributed by atoms with E-state index in [9.17, 15) is 13.2 Å². The number of piperidine rings is 2. The second-order valence-corrected chi connectivity index (χ2v) is 12.0. The van der Waals surface area contributed by atoms with E-state index in [2.05, 4.69) is 34.5 Å². The number of likely N-dealkylation sites (tertiary alicyclic amines) is 1. The minimum Gasteiger partial charge on any atom is -0.352 e. The number of carbonyl (C=O) groups excluding carboxylic acids is 1. The predicted octanol–water partition coefficient (Wildman–Crippen LogP) is 3.96. The standard InChI is InChI=1S/C28H39N3O3S/c32-28(29-22-25-11-13-26(14-12-25)23-30-17-5-2-6-18-30)27-15-19-31(20-16-27)35(33,34)21-7-10-24-8-3-1-4-9-24/h1,3-4,8-9,11-14,27H,2,5-7,10,15-23H2,(H,29,32). The minimum atomic E-state index is -3.27. The van der Waals surface area contributed by atoms with Crippen molar-refractivity contribution < 1.29 is 13.2 Å². The van der Waals surface area contributed by atoms with Crippen LogP contribution in [0.25, 0.3) is 0 Å². The van der Waals surface area contributed by atoms with E-state index in [1.54, 1.807) is 4.31 Å². The van der Waals surface area contributed by atoms with Crippen molar-refractivity contribution in [2.24, 2.45) is 5.92 Å². The summed E-state index contributed by atoms with van der Waals surface area (Å²) in [6.07, 6.45) is 6.48. The molecule has 4 rings (SSSR count). The number of amides is 1. The molecule has 0 atom stereocenters. The van der Waals surface area contributed by atoms with Gasteiger partial charge in [0.25, 0.3) is 0 Å². The fraction of sp³-hybridized carbons (Fsp3) is 0.536. The molecule has 0 aromatic heterocycles. The van der Waals surface area contributed by atoms with Crippen molar-refractivity contribution in [3.8, 4) is 0 Å². The average molecular weight is 498 g/mol. The van der Waals surface area contributed by atoms with Gasteiger partial charge in [0.15, 0.2) is 0 Å². The van der Waals surface area contributed by atoms with Crippen LogP contribution in [0.2, 0.25) is 0 Å². The van der Waals surface area contributed by atoms with E-state index in [0.29, 0.717) is 38.9 Å². The molecule has 35 heavy (non-hydrogen) atoms. The van der Waals surface area contributed by atoms with E-state index in [4.69, 9.17) is 0 Å². The maximum Gasteiger partial charge on any atom is 0.223 e. The summed E-state index contributed by atoms with van der Waals surface area (Å²) in [6, 6.07) is 18.5. The summed E-state index contributed by atoms with van der Waals surface area (Å²) in [6.45, 7) is 4.74. The molecule has 7 heteroatoms. The van der Waals surface area contributed by atoms with Crippen molar-refractivity contribution in [1.29, 1.82) is 0 Å². The molecule has 2 aromatic rings. The van der Waals surface area contributed by atoms with E-state index >= 15 is 0 Å². The lowest BCUT2D eigenvalue weighted by Gasteiger charge is -2.30. The Bertz CT molecular complexity index is 1030. The fourth-order valence-corrected chi connectivity index (χ4v) is 6.63. The van der Waals surface area contributed by atoms with Gasteiger partial charge >= 0.3 is 0 Å². The zero-order valence-corrected chi connectivity index (χ0v) is 21.5. The highest BCUT2D eigenvalue weighted by Crippen LogP contribution is 2.21. The molecule has 0 bridgehead atoms. The lowest BCUT2D eigenvalue weighted by atomic mass is 9.97. The van der Waals surface area contributed by atoms with Crippen molar-refractivity contribution >= 4 is 15.9 Å². The Labute approximate surface area is 210 Å². The molecule has 6 nitrogen and oxygen atoms in total. The smallest absolute Gasteiger partial charge is 0.223 e. The van der Waals surface area contributed by atoms with Gasteiger partial charge < -0.3 is 5.32 Å². The molecule has 2 aliphatic rings. The molecule has 0 saturated carbocycles. The van der Waals surface area contributed by atoms with Gasteiger partial charge in [-0.3, -0.25) is 9.69 Å². The van der Waals surface area contributed by atoms with E-state index in [-0.39, 0.29) is 17.6 Å². The molecule has 2 saturated heterocycles. The highest BCUT2D eigenvalue weighted by atomic mass is 32.2. The molecular formula is C28H39N3O3S. The van der Waals surface area contributed by atoms with Gasteiger partial charge in [0.2, 0.25) is 15.9 Å². The number of hydrogen-bond acceptors (Lipinski definition) is 4. The highest BCUT2D eigenvalue weighted by Gasteiger charge is 2.30. The van der Waals surface area contributed by atoms with Gasteiger partial charge in [-0.25, -0.2) is 12.7 Å². The summed E-state index contributed by atoms with van der Waals surface area (Å²) in [5, 5.41) is 3.06. The van der Waals surface area contributed by atoms with Crippen LogP contribution >= 0.6 is 0 Å². The normalized spacial score (nSPS) is 18.4. The fourth-order valence-electron chi connectivity index (χ4n) is 5.10. The summed E-state index contributed by atoms with van der Waals surface area (Å²) in [7, 11) is -3.27. The molecule has 2 aliphatic heterocycles. The van der Waals surface area contributed by atoms with Gasteiger partial charge in [-0.15, -0.1) is 0 Å². The van der Waals surface area contributed by atoms with Crippen molar-refractivity contribution in [2.75, 3.05) is 31.9 Å². The van der Waals surface area contributed by atoms with Crippen LogP contribution in [0, 0.1) is 5.92 Å². The Morgan fingerprint density at radius 1 is 0.829 bits per heavy atom. The summed E-state index contributed by atoms with van der Waals surface area (Å²) < 4.78 is 27.0. The number of sulfonamides is 1. The Balaban J connectivity index is 1.16. The van der Waals surface area contributed by atoms with E-state index in [1.807, 2.05) is 30.3 Å². The summed E-state index contributed by atoms with van der Waals surface area (Å²) in [5.41, 5.74) is 3.58. The number of aryl methyl sites for hydroxylation is 1. The molecular weight excluding hydrogens is 458 g/mol. The first-order valence-electron chi connectivity index (χ1n) is 13.1. The number of nitrogens with zero attached hydrogens (tertiary/aromatic N) is 2. The van der Waals surface area contributed by atoms with Gasteiger partial charge in [-0.2, -0.15) is 0 Å². The summed E-state index contributed by atoms with van der Waals surface area (Å²) >= 11 is 0. The molecule has 1 amide bonds. The summed E-state index contributed by atoms with van der Waals surface area (Å²) in [4.78, 5) is 15.2. The zero-order valence-electron chi connectivity index (χ0n) is 20.7. The zero-order chi connectivity index (χ0) is 24.5. The van der Waals surface area contributed by atoms with Crippen LogP contribution in [-0.2, 0) is 34.3 Å². The Morgan fingerprint density at radius 2 is 1.49 bits per heavy atom. The van der Waals surface area contributed by atoms with Crippen LogP contribution in [0.5, 0.6) is 0 Å². The van der Waals surface area contributed by atoms with Crippen molar-refractivity contribution in [3.63, 3.8) is 0 Å². The average Bonchev–Trinajstić information content (AvgIpc) is 2.89. The third kappa shape index (κ3) is 7.89. The van der Waals surface area contributed by atoms with Crippen molar-refractivity contribution in [3.05, 3.63) is 71.3 Å². The largest absolute Gasteiger partial charge is 0.352 e. The molecule has 2 aromatic carbocycles. The topological polar surface area (TPSA) is 69.7 Å². The van der Waals surface area contributed by atoms with Gasteiger partial charge in [0, 0.05) is 32.1 Å².